The van der Waals surface area contributed by atoms with Gasteiger partial charge in [-0.1, -0.05) is 79.3 Å². The van der Waals surface area contributed by atoms with Crippen LogP contribution in [0.2, 0.25) is 0 Å². The van der Waals surface area contributed by atoms with Gasteiger partial charge in [-0.15, -0.1) is 11.8 Å². The molecule has 0 saturated heterocycles. The Labute approximate surface area is 190 Å². The minimum absolute atomic E-state index is 0.0162. The van der Waals surface area contributed by atoms with E-state index in [1.54, 1.807) is 16.3 Å². The summed E-state index contributed by atoms with van der Waals surface area (Å²) in [6.07, 6.45) is 1.54. The lowest BCUT2D eigenvalue weighted by Gasteiger charge is -2.14. The fourth-order valence-electron chi connectivity index (χ4n) is 3.50. The van der Waals surface area contributed by atoms with E-state index in [2.05, 4.69) is 24.4 Å². The second-order valence-electron chi connectivity index (χ2n) is 7.55. The number of fused-ring (bicyclic) bond motifs is 1. The minimum atomic E-state index is -0.0686. The summed E-state index contributed by atoms with van der Waals surface area (Å²) < 4.78 is 1.74. The standard InChI is InChI=1S/C24H25N3O2S2/c1-17-14-20-22(31-17)23(29)27(13-12-18-8-4-2-5-9-18)24(26-20)30-16-21(28)25-15-19-10-6-3-7-11-19/h2-11,17H,12-16H2,1H3,(H,25,28)/t17-/m1/s1. The predicted molar refractivity (Wildman–Crippen MR) is 127 cm³/mol. The van der Waals surface area contributed by atoms with Gasteiger partial charge < -0.3 is 5.32 Å². The number of benzene rings is 2. The number of amides is 1. The Morgan fingerprint density at radius 3 is 2.52 bits per heavy atom. The summed E-state index contributed by atoms with van der Waals surface area (Å²) in [6.45, 7) is 3.16. The molecule has 1 aromatic heterocycles. The lowest BCUT2D eigenvalue weighted by Crippen LogP contribution is -2.28. The molecule has 0 bridgehead atoms. The van der Waals surface area contributed by atoms with Crippen LogP contribution in [0.3, 0.4) is 0 Å². The zero-order valence-corrected chi connectivity index (χ0v) is 19.0. The third kappa shape index (κ3) is 5.60. The van der Waals surface area contributed by atoms with Crippen molar-refractivity contribution in [2.75, 3.05) is 5.75 Å². The third-order valence-corrected chi connectivity index (χ3v) is 7.29. The summed E-state index contributed by atoms with van der Waals surface area (Å²) in [6, 6.07) is 19.9. The zero-order valence-electron chi connectivity index (χ0n) is 17.4. The Bertz CT molecular complexity index is 1100. The number of carbonyl (C=O) groups is 1. The van der Waals surface area contributed by atoms with Crippen LogP contribution in [0, 0.1) is 0 Å². The largest absolute Gasteiger partial charge is 0.351 e. The first kappa shape index (κ1) is 21.7. The molecule has 2 aromatic carbocycles. The van der Waals surface area contributed by atoms with Crippen LogP contribution in [-0.4, -0.2) is 26.5 Å². The topological polar surface area (TPSA) is 64.0 Å². The summed E-state index contributed by atoms with van der Waals surface area (Å²) in [7, 11) is 0. The van der Waals surface area contributed by atoms with E-state index in [9.17, 15) is 9.59 Å². The molecular formula is C24H25N3O2S2. The molecule has 2 heterocycles. The fraction of sp³-hybridized carbons (Fsp3) is 0.292. The van der Waals surface area contributed by atoms with Crippen molar-refractivity contribution in [3.05, 3.63) is 87.8 Å². The number of rotatable bonds is 8. The molecule has 160 valence electrons. The average Bonchev–Trinajstić information content (AvgIpc) is 3.17. The van der Waals surface area contributed by atoms with E-state index in [0.717, 1.165) is 29.0 Å². The van der Waals surface area contributed by atoms with Crippen LogP contribution >= 0.6 is 23.5 Å². The predicted octanol–water partition coefficient (Wildman–Crippen LogP) is 3.93. The lowest BCUT2D eigenvalue weighted by molar-refractivity contribution is -0.118. The number of thioether (sulfide) groups is 2. The van der Waals surface area contributed by atoms with Crippen molar-refractivity contribution in [1.29, 1.82) is 0 Å². The van der Waals surface area contributed by atoms with Gasteiger partial charge in [0.2, 0.25) is 5.91 Å². The molecule has 31 heavy (non-hydrogen) atoms. The highest BCUT2D eigenvalue weighted by molar-refractivity contribution is 8.00. The molecule has 3 aromatic rings. The van der Waals surface area contributed by atoms with Crippen LogP contribution < -0.4 is 10.9 Å². The normalized spacial score (nSPS) is 14.9. The minimum Gasteiger partial charge on any atom is -0.351 e. The Morgan fingerprint density at radius 1 is 1.13 bits per heavy atom. The quantitative estimate of drug-likeness (QED) is 0.415. The van der Waals surface area contributed by atoms with Crippen molar-refractivity contribution < 1.29 is 4.79 Å². The van der Waals surface area contributed by atoms with Gasteiger partial charge in [0.1, 0.15) is 0 Å². The van der Waals surface area contributed by atoms with E-state index in [1.807, 2.05) is 48.5 Å². The highest BCUT2D eigenvalue weighted by Crippen LogP contribution is 2.34. The molecule has 1 amide bonds. The maximum atomic E-state index is 13.2. The van der Waals surface area contributed by atoms with Crippen LogP contribution in [0.1, 0.15) is 23.7 Å². The van der Waals surface area contributed by atoms with Crippen molar-refractivity contribution in [2.24, 2.45) is 0 Å². The smallest absolute Gasteiger partial charge is 0.268 e. The number of nitrogens with zero attached hydrogens (tertiary/aromatic N) is 2. The van der Waals surface area contributed by atoms with Crippen molar-refractivity contribution >= 4 is 29.4 Å². The molecule has 5 nitrogen and oxygen atoms in total. The van der Waals surface area contributed by atoms with Gasteiger partial charge in [0, 0.05) is 24.8 Å². The first-order chi connectivity index (χ1) is 15.1. The highest BCUT2D eigenvalue weighted by Gasteiger charge is 2.26. The summed E-state index contributed by atoms with van der Waals surface area (Å²) >= 11 is 2.95. The van der Waals surface area contributed by atoms with Crippen LogP contribution in [0.25, 0.3) is 0 Å². The molecule has 7 heteroatoms. The van der Waals surface area contributed by atoms with Crippen LogP contribution in [0.15, 0.2) is 75.5 Å². The second kappa shape index (κ2) is 10.2. The van der Waals surface area contributed by atoms with Gasteiger partial charge in [0.25, 0.3) is 5.56 Å². The monoisotopic (exact) mass is 451 g/mol. The summed E-state index contributed by atoms with van der Waals surface area (Å²) in [4.78, 5) is 31.1. The van der Waals surface area contributed by atoms with Crippen molar-refractivity contribution in [2.45, 2.75) is 48.2 Å². The maximum Gasteiger partial charge on any atom is 0.268 e. The van der Waals surface area contributed by atoms with E-state index >= 15 is 0 Å². The van der Waals surface area contributed by atoms with Gasteiger partial charge in [-0.2, -0.15) is 0 Å². The van der Waals surface area contributed by atoms with E-state index in [4.69, 9.17) is 4.98 Å². The van der Waals surface area contributed by atoms with Crippen molar-refractivity contribution in [1.82, 2.24) is 14.9 Å². The van der Waals surface area contributed by atoms with E-state index in [0.29, 0.717) is 23.5 Å². The molecule has 1 atom stereocenters. The van der Waals surface area contributed by atoms with Crippen LogP contribution in [0.5, 0.6) is 0 Å². The summed E-state index contributed by atoms with van der Waals surface area (Å²) in [5.41, 5.74) is 3.11. The number of nitrogens with one attached hydrogen (secondary N) is 1. The molecule has 0 radical (unpaired) electrons. The first-order valence-electron chi connectivity index (χ1n) is 10.4. The molecule has 0 unspecified atom stereocenters. The molecule has 1 aliphatic heterocycles. The molecule has 0 saturated carbocycles. The van der Waals surface area contributed by atoms with E-state index in [1.165, 1.54) is 17.3 Å². The number of hydrogen-bond acceptors (Lipinski definition) is 5. The number of carbonyl (C=O) groups excluding carboxylic acids is 1. The number of aryl methyl sites for hydroxylation is 1. The average molecular weight is 452 g/mol. The Morgan fingerprint density at radius 2 is 1.81 bits per heavy atom. The highest BCUT2D eigenvalue weighted by atomic mass is 32.2. The van der Waals surface area contributed by atoms with E-state index in [-0.39, 0.29) is 17.2 Å². The molecule has 0 fully saturated rings. The van der Waals surface area contributed by atoms with Gasteiger partial charge in [-0.3, -0.25) is 14.2 Å². The number of aromatic nitrogens is 2. The fourth-order valence-corrected chi connectivity index (χ4v) is 5.49. The maximum absolute atomic E-state index is 13.2. The van der Waals surface area contributed by atoms with Crippen molar-refractivity contribution in [3.8, 4) is 0 Å². The van der Waals surface area contributed by atoms with Crippen molar-refractivity contribution in [3.63, 3.8) is 0 Å². The molecular weight excluding hydrogens is 426 g/mol. The van der Waals surface area contributed by atoms with Gasteiger partial charge in [0.15, 0.2) is 5.16 Å². The summed E-state index contributed by atoms with van der Waals surface area (Å²) in [5.74, 6) is 0.160. The van der Waals surface area contributed by atoms with Crippen LogP contribution in [0.4, 0.5) is 0 Å². The molecule has 0 spiro atoms. The lowest BCUT2D eigenvalue weighted by atomic mass is 10.1. The van der Waals surface area contributed by atoms with Crippen LogP contribution in [-0.2, 0) is 30.7 Å². The van der Waals surface area contributed by atoms with Gasteiger partial charge >= 0.3 is 0 Å². The Balaban J connectivity index is 1.47. The van der Waals surface area contributed by atoms with Gasteiger partial charge in [-0.05, 0) is 17.5 Å². The molecule has 1 aliphatic rings. The number of hydrogen-bond donors (Lipinski definition) is 1. The van der Waals surface area contributed by atoms with Gasteiger partial charge in [0.05, 0.1) is 16.3 Å². The van der Waals surface area contributed by atoms with Gasteiger partial charge in [-0.25, -0.2) is 4.98 Å². The second-order valence-corrected chi connectivity index (χ2v) is 9.94. The third-order valence-electron chi connectivity index (χ3n) is 5.09. The first-order valence-corrected chi connectivity index (χ1v) is 12.2. The zero-order chi connectivity index (χ0) is 21.6. The Hall–Kier alpha value is -2.51. The van der Waals surface area contributed by atoms with E-state index < -0.39 is 0 Å². The molecule has 1 N–H and O–H groups in total. The SMILES string of the molecule is C[C@@H]1Cc2nc(SCC(=O)NCc3ccccc3)n(CCc3ccccc3)c(=O)c2S1. The Kier molecular flexibility index (Phi) is 7.14. The molecule has 4 rings (SSSR count). The molecule has 0 aliphatic carbocycles. The summed E-state index contributed by atoms with van der Waals surface area (Å²) in [5, 5.41) is 3.92.